The topological polar surface area (TPSA) is 95.9 Å². The molecule has 0 spiro atoms. The first-order valence-corrected chi connectivity index (χ1v) is 39.1. The smallest absolute Gasteiger partial charge is 0.305 e. The number of nitrogens with one attached hydrogen (secondary N) is 1. The molecule has 0 aromatic rings. The second kappa shape index (κ2) is 74.8. The van der Waals surface area contributed by atoms with Crippen molar-refractivity contribution in [3.05, 3.63) is 24.3 Å². The van der Waals surface area contributed by atoms with Crippen LogP contribution in [-0.2, 0) is 14.3 Å². The molecule has 0 saturated carbocycles. The quantitative estimate of drug-likeness (QED) is 0.0320. The standard InChI is InChI=1S/C79H153NO5/c1-3-5-7-9-11-13-15-17-19-21-36-39-43-47-51-55-59-63-67-71-77(82)76(75-81)80-78(83)72-68-64-60-56-52-48-44-40-37-34-32-30-28-26-24-23-25-27-29-31-33-35-38-42-46-50-54-58-62-66-70-74-85-79(84)73-69-65-61-57-53-49-45-41-22-20-18-16-14-12-10-8-6-4-2/h25,27,67,71,76-77,81-82H,3-24,26,28-66,68-70,72-75H2,1-2H3,(H,80,83)/b27-25-,71-67+. The zero-order valence-corrected chi connectivity index (χ0v) is 57.9. The van der Waals surface area contributed by atoms with Crippen LogP contribution >= 0.6 is 0 Å². The van der Waals surface area contributed by atoms with Crippen molar-refractivity contribution in [3.63, 3.8) is 0 Å². The summed E-state index contributed by atoms with van der Waals surface area (Å²) in [5.74, 6) is -0.0388. The Balaban J connectivity index is 3.36. The lowest BCUT2D eigenvalue weighted by atomic mass is 10.0. The van der Waals surface area contributed by atoms with E-state index < -0.39 is 12.1 Å². The van der Waals surface area contributed by atoms with Crippen LogP contribution in [0.2, 0.25) is 0 Å². The lowest BCUT2D eigenvalue weighted by molar-refractivity contribution is -0.143. The summed E-state index contributed by atoms with van der Waals surface area (Å²) < 4.78 is 5.52. The Bertz CT molecular complexity index is 1330. The minimum atomic E-state index is -0.844. The van der Waals surface area contributed by atoms with Gasteiger partial charge in [0.05, 0.1) is 25.4 Å². The molecule has 0 saturated heterocycles. The first-order chi connectivity index (χ1) is 42.0. The van der Waals surface area contributed by atoms with E-state index in [2.05, 4.69) is 31.3 Å². The monoisotopic (exact) mass is 1200 g/mol. The van der Waals surface area contributed by atoms with Crippen molar-refractivity contribution >= 4 is 11.9 Å². The van der Waals surface area contributed by atoms with Gasteiger partial charge in [0.25, 0.3) is 0 Å². The number of amides is 1. The van der Waals surface area contributed by atoms with E-state index in [1.54, 1.807) is 6.08 Å². The van der Waals surface area contributed by atoms with Crippen LogP contribution in [0.25, 0.3) is 0 Å². The molecule has 0 aliphatic heterocycles. The van der Waals surface area contributed by atoms with Crippen molar-refractivity contribution in [2.75, 3.05) is 13.2 Å². The zero-order chi connectivity index (χ0) is 61.3. The lowest BCUT2D eigenvalue weighted by Gasteiger charge is -2.20. The third-order valence-corrected chi connectivity index (χ3v) is 18.5. The summed E-state index contributed by atoms with van der Waals surface area (Å²) in [4.78, 5) is 24.6. The van der Waals surface area contributed by atoms with Gasteiger partial charge < -0.3 is 20.3 Å². The van der Waals surface area contributed by atoms with Crippen molar-refractivity contribution in [2.24, 2.45) is 0 Å². The van der Waals surface area contributed by atoms with Gasteiger partial charge in [0, 0.05) is 12.8 Å². The van der Waals surface area contributed by atoms with Crippen molar-refractivity contribution in [1.82, 2.24) is 5.32 Å². The maximum atomic E-state index is 12.5. The van der Waals surface area contributed by atoms with E-state index >= 15 is 0 Å². The fourth-order valence-corrected chi connectivity index (χ4v) is 12.5. The van der Waals surface area contributed by atoms with Gasteiger partial charge in [0.1, 0.15) is 0 Å². The molecule has 3 N–H and O–H groups in total. The maximum Gasteiger partial charge on any atom is 0.305 e. The van der Waals surface area contributed by atoms with Crippen LogP contribution in [0.1, 0.15) is 444 Å². The number of carbonyl (C=O) groups excluding carboxylic acids is 2. The highest BCUT2D eigenvalue weighted by Crippen LogP contribution is 2.20. The Morgan fingerprint density at radius 2 is 0.553 bits per heavy atom. The summed E-state index contributed by atoms with van der Waals surface area (Å²) in [6.45, 7) is 4.96. The predicted molar refractivity (Wildman–Crippen MR) is 375 cm³/mol. The maximum absolute atomic E-state index is 12.5. The van der Waals surface area contributed by atoms with Crippen LogP contribution in [0.4, 0.5) is 0 Å². The molecule has 85 heavy (non-hydrogen) atoms. The molecular weight excluding hydrogens is 1040 g/mol. The summed E-state index contributed by atoms with van der Waals surface area (Å²) in [5.41, 5.74) is 0. The first-order valence-electron chi connectivity index (χ1n) is 39.1. The number of unbranched alkanes of at least 4 members (excludes halogenated alkanes) is 61. The van der Waals surface area contributed by atoms with Gasteiger partial charge in [0.2, 0.25) is 5.91 Å². The predicted octanol–water partition coefficient (Wildman–Crippen LogP) is 25.7. The van der Waals surface area contributed by atoms with Crippen molar-refractivity contribution in [3.8, 4) is 0 Å². The summed E-state index contributed by atoms with van der Waals surface area (Å²) in [5, 5.41) is 23.3. The highest BCUT2D eigenvalue weighted by atomic mass is 16.5. The van der Waals surface area contributed by atoms with E-state index in [4.69, 9.17) is 4.74 Å². The summed E-state index contributed by atoms with van der Waals surface area (Å²) in [7, 11) is 0. The van der Waals surface area contributed by atoms with Gasteiger partial charge in [-0.2, -0.15) is 0 Å². The normalized spacial score (nSPS) is 12.6. The van der Waals surface area contributed by atoms with Crippen LogP contribution in [0, 0.1) is 0 Å². The van der Waals surface area contributed by atoms with Gasteiger partial charge in [0.15, 0.2) is 0 Å². The van der Waals surface area contributed by atoms with Gasteiger partial charge in [-0.15, -0.1) is 0 Å². The fourth-order valence-electron chi connectivity index (χ4n) is 12.5. The molecule has 2 atom stereocenters. The summed E-state index contributed by atoms with van der Waals surface area (Å²) in [6.07, 6.45) is 95.8. The Morgan fingerprint density at radius 3 is 0.835 bits per heavy atom. The second-order valence-corrected chi connectivity index (χ2v) is 27.0. The van der Waals surface area contributed by atoms with Gasteiger partial charge in [-0.3, -0.25) is 9.59 Å². The van der Waals surface area contributed by atoms with E-state index in [1.165, 1.54) is 379 Å². The van der Waals surface area contributed by atoms with E-state index in [1.807, 2.05) is 6.08 Å². The number of aliphatic hydroxyl groups is 2. The fraction of sp³-hybridized carbons (Fsp3) is 0.924. The molecule has 0 radical (unpaired) electrons. The summed E-state index contributed by atoms with van der Waals surface area (Å²) in [6, 6.07) is -0.627. The summed E-state index contributed by atoms with van der Waals surface area (Å²) >= 11 is 0. The van der Waals surface area contributed by atoms with Gasteiger partial charge >= 0.3 is 5.97 Å². The highest BCUT2D eigenvalue weighted by molar-refractivity contribution is 5.76. The van der Waals surface area contributed by atoms with E-state index in [-0.39, 0.29) is 18.5 Å². The van der Waals surface area contributed by atoms with Crippen LogP contribution < -0.4 is 5.32 Å². The molecule has 504 valence electrons. The molecule has 0 aromatic heterocycles. The zero-order valence-electron chi connectivity index (χ0n) is 57.9. The SMILES string of the molecule is CCCCCCCCCCCCCCCCCCC/C=C/C(O)C(CO)NC(=O)CCCCCCCCCCCCCCCCC/C=C\CCCCCCCCCCCCCCOC(=O)CCCCCCCCCCCCCCCCCCCC. The number of rotatable bonds is 74. The number of allylic oxidation sites excluding steroid dienone is 3. The molecule has 0 heterocycles. The molecule has 2 unspecified atom stereocenters. The van der Waals surface area contributed by atoms with Crippen molar-refractivity contribution < 1.29 is 24.5 Å². The first kappa shape index (κ1) is 83.3. The number of hydrogen-bond acceptors (Lipinski definition) is 5. The largest absolute Gasteiger partial charge is 0.466 e. The van der Waals surface area contributed by atoms with Gasteiger partial charge in [-0.05, 0) is 57.8 Å². The third-order valence-electron chi connectivity index (χ3n) is 18.5. The molecule has 6 nitrogen and oxygen atoms in total. The number of ether oxygens (including phenoxy) is 1. The number of hydrogen-bond donors (Lipinski definition) is 3. The van der Waals surface area contributed by atoms with E-state index in [0.717, 1.165) is 38.5 Å². The molecule has 0 aliphatic rings. The average Bonchev–Trinajstić information content (AvgIpc) is 3.51. The third kappa shape index (κ3) is 71.3. The van der Waals surface area contributed by atoms with Crippen LogP contribution in [0.5, 0.6) is 0 Å². The number of esters is 1. The highest BCUT2D eigenvalue weighted by Gasteiger charge is 2.18. The Kier molecular flexibility index (Phi) is 73.3. The van der Waals surface area contributed by atoms with Crippen LogP contribution in [0.15, 0.2) is 24.3 Å². The molecule has 0 aliphatic carbocycles. The molecule has 0 aromatic carbocycles. The lowest BCUT2D eigenvalue weighted by Crippen LogP contribution is -2.45. The Hall–Kier alpha value is -1.66. The van der Waals surface area contributed by atoms with Crippen molar-refractivity contribution in [1.29, 1.82) is 0 Å². The number of aliphatic hydroxyl groups excluding tert-OH is 2. The van der Waals surface area contributed by atoms with Crippen LogP contribution in [-0.4, -0.2) is 47.4 Å². The van der Waals surface area contributed by atoms with Gasteiger partial charge in [-0.25, -0.2) is 0 Å². The van der Waals surface area contributed by atoms with E-state index in [9.17, 15) is 19.8 Å². The molecule has 0 fully saturated rings. The Labute approximate surface area is 532 Å². The van der Waals surface area contributed by atoms with Crippen LogP contribution in [0.3, 0.4) is 0 Å². The average molecular weight is 1200 g/mol. The molecule has 6 heteroatoms. The molecule has 0 bridgehead atoms. The number of carbonyl (C=O) groups is 2. The molecule has 0 rings (SSSR count). The minimum absolute atomic E-state index is 0.0228. The van der Waals surface area contributed by atoms with Gasteiger partial charge in [-0.1, -0.05) is 398 Å². The second-order valence-electron chi connectivity index (χ2n) is 27.0. The molecular formula is C79H153NO5. The molecule has 1 amide bonds. The van der Waals surface area contributed by atoms with E-state index in [0.29, 0.717) is 19.4 Å². The van der Waals surface area contributed by atoms with Crippen molar-refractivity contribution in [2.45, 2.75) is 456 Å². The Morgan fingerprint density at radius 1 is 0.318 bits per heavy atom. The minimum Gasteiger partial charge on any atom is -0.466 e.